The van der Waals surface area contributed by atoms with E-state index in [4.69, 9.17) is 14.5 Å². The third-order valence-electron chi connectivity index (χ3n) is 5.52. The van der Waals surface area contributed by atoms with Crippen molar-refractivity contribution in [1.82, 2.24) is 15.1 Å². The zero-order chi connectivity index (χ0) is 21.1. The SMILES string of the molecule is CCNC(=NCc1ccccc1CN(C)C(C)C)N1CCC(COCCOC)C1.I. The fraction of sp³-hybridized carbons (Fsp3) is 0.696. The maximum Gasteiger partial charge on any atom is 0.194 e. The van der Waals surface area contributed by atoms with Crippen molar-refractivity contribution in [1.29, 1.82) is 0 Å². The van der Waals surface area contributed by atoms with E-state index in [1.54, 1.807) is 7.11 Å². The molecule has 0 aliphatic carbocycles. The van der Waals surface area contributed by atoms with Gasteiger partial charge in [0.15, 0.2) is 5.96 Å². The number of benzene rings is 1. The van der Waals surface area contributed by atoms with Crippen LogP contribution in [0.2, 0.25) is 0 Å². The molecule has 1 saturated heterocycles. The van der Waals surface area contributed by atoms with Crippen LogP contribution >= 0.6 is 24.0 Å². The van der Waals surface area contributed by atoms with E-state index in [1.807, 2.05) is 0 Å². The van der Waals surface area contributed by atoms with Gasteiger partial charge in [0.2, 0.25) is 0 Å². The number of ether oxygens (including phenoxy) is 2. The third kappa shape index (κ3) is 9.08. The van der Waals surface area contributed by atoms with Gasteiger partial charge in [-0.3, -0.25) is 4.90 Å². The molecule has 30 heavy (non-hydrogen) atoms. The van der Waals surface area contributed by atoms with E-state index in [9.17, 15) is 0 Å². The molecule has 1 fully saturated rings. The van der Waals surface area contributed by atoms with Crippen molar-refractivity contribution in [3.05, 3.63) is 35.4 Å². The molecule has 0 aromatic heterocycles. The second kappa shape index (κ2) is 15.0. The fourth-order valence-electron chi connectivity index (χ4n) is 3.46. The summed E-state index contributed by atoms with van der Waals surface area (Å²) in [6, 6.07) is 9.18. The Hall–Kier alpha value is -0.900. The zero-order valence-electron chi connectivity index (χ0n) is 19.4. The number of methoxy groups -OCH3 is 1. The molecule has 0 radical (unpaired) electrons. The Labute approximate surface area is 200 Å². The smallest absolute Gasteiger partial charge is 0.194 e. The van der Waals surface area contributed by atoms with E-state index in [0.717, 1.165) is 45.2 Å². The van der Waals surface area contributed by atoms with Crippen molar-refractivity contribution in [3.63, 3.8) is 0 Å². The Balaban J connectivity index is 0.00000450. The molecule has 172 valence electrons. The Kier molecular flexibility index (Phi) is 13.6. The lowest BCUT2D eigenvalue weighted by Gasteiger charge is -2.23. The topological polar surface area (TPSA) is 49.3 Å². The van der Waals surface area contributed by atoms with Gasteiger partial charge in [0.25, 0.3) is 0 Å². The number of nitrogens with one attached hydrogen (secondary N) is 1. The summed E-state index contributed by atoms with van der Waals surface area (Å²) in [4.78, 5) is 9.71. The summed E-state index contributed by atoms with van der Waals surface area (Å²) in [5, 5.41) is 3.47. The first-order chi connectivity index (χ1) is 14.0. The Morgan fingerprint density at radius 2 is 2.00 bits per heavy atom. The largest absolute Gasteiger partial charge is 0.382 e. The molecular formula is C23H41IN4O2. The summed E-state index contributed by atoms with van der Waals surface area (Å²) >= 11 is 0. The van der Waals surface area contributed by atoms with Gasteiger partial charge >= 0.3 is 0 Å². The fourth-order valence-corrected chi connectivity index (χ4v) is 3.46. The quantitative estimate of drug-likeness (QED) is 0.204. The van der Waals surface area contributed by atoms with Crippen molar-refractivity contribution in [2.24, 2.45) is 10.9 Å². The van der Waals surface area contributed by atoms with Crippen molar-refractivity contribution in [2.45, 2.75) is 46.3 Å². The molecule has 1 N–H and O–H groups in total. The number of likely N-dealkylation sites (tertiary alicyclic amines) is 1. The summed E-state index contributed by atoms with van der Waals surface area (Å²) in [7, 11) is 3.88. The average molecular weight is 533 g/mol. The molecule has 6 nitrogen and oxygen atoms in total. The van der Waals surface area contributed by atoms with Crippen LogP contribution in [0.25, 0.3) is 0 Å². The van der Waals surface area contributed by atoms with Gasteiger partial charge in [-0.1, -0.05) is 24.3 Å². The van der Waals surface area contributed by atoms with Gasteiger partial charge in [-0.05, 0) is 45.4 Å². The van der Waals surface area contributed by atoms with Crippen LogP contribution in [-0.2, 0) is 22.6 Å². The normalized spacial score (nSPS) is 17.0. The second-order valence-corrected chi connectivity index (χ2v) is 8.12. The first kappa shape index (κ1) is 27.1. The van der Waals surface area contributed by atoms with E-state index in [-0.39, 0.29) is 24.0 Å². The van der Waals surface area contributed by atoms with Crippen LogP contribution in [0.4, 0.5) is 0 Å². The molecule has 7 heteroatoms. The molecule has 1 aliphatic rings. The molecule has 0 saturated carbocycles. The summed E-state index contributed by atoms with van der Waals surface area (Å²) in [6.07, 6.45) is 1.15. The van der Waals surface area contributed by atoms with Crippen LogP contribution < -0.4 is 5.32 Å². The van der Waals surface area contributed by atoms with Crippen LogP contribution in [0.1, 0.15) is 38.3 Å². The lowest BCUT2D eigenvalue weighted by Crippen LogP contribution is -2.40. The highest BCUT2D eigenvalue weighted by Gasteiger charge is 2.25. The van der Waals surface area contributed by atoms with Gasteiger partial charge in [-0.25, -0.2) is 4.99 Å². The van der Waals surface area contributed by atoms with Crippen LogP contribution in [-0.4, -0.2) is 75.4 Å². The highest BCUT2D eigenvalue weighted by molar-refractivity contribution is 14.0. The van der Waals surface area contributed by atoms with E-state index >= 15 is 0 Å². The maximum atomic E-state index is 5.73. The first-order valence-electron chi connectivity index (χ1n) is 10.9. The Morgan fingerprint density at radius 3 is 2.67 bits per heavy atom. The van der Waals surface area contributed by atoms with E-state index in [1.165, 1.54) is 11.1 Å². The molecule has 2 rings (SSSR count). The number of halogens is 1. The van der Waals surface area contributed by atoms with Crippen molar-refractivity contribution in [3.8, 4) is 0 Å². The summed E-state index contributed by atoms with van der Waals surface area (Å²) < 4.78 is 10.8. The summed E-state index contributed by atoms with van der Waals surface area (Å²) in [6.45, 7) is 13.3. The van der Waals surface area contributed by atoms with Crippen LogP contribution in [0.15, 0.2) is 29.3 Å². The van der Waals surface area contributed by atoms with E-state index in [0.29, 0.717) is 31.7 Å². The number of rotatable bonds is 11. The van der Waals surface area contributed by atoms with Gasteiger partial charge in [0, 0.05) is 45.2 Å². The predicted octanol–water partition coefficient (Wildman–Crippen LogP) is 3.60. The van der Waals surface area contributed by atoms with E-state index < -0.39 is 0 Å². The monoisotopic (exact) mass is 532 g/mol. The minimum Gasteiger partial charge on any atom is -0.382 e. The molecule has 1 unspecified atom stereocenters. The Morgan fingerprint density at radius 1 is 1.27 bits per heavy atom. The maximum absolute atomic E-state index is 5.73. The molecule has 1 aliphatic heterocycles. The molecule has 0 spiro atoms. The minimum atomic E-state index is 0. The highest BCUT2D eigenvalue weighted by atomic mass is 127. The standard InChI is InChI=1S/C23H40N4O2.HI/c1-6-24-23(27-12-11-20(16-27)18-29-14-13-28-5)25-15-21-9-7-8-10-22(21)17-26(4)19(2)3;/h7-10,19-20H,6,11-18H2,1-5H3,(H,24,25);1H. The van der Waals surface area contributed by atoms with Crippen LogP contribution in [0, 0.1) is 5.92 Å². The van der Waals surface area contributed by atoms with Gasteiger partial charge in [0.05, 0.1) is 26.4 Å². The highest BCUT2D eigenvalue weighted by Crippen LogP contribution is 2.18. The lowest BCUT2D eigenvalue weighted by molar-refractivity contribution is 0.0536. The van der Waals surface area contributed by atoms with Gasteiger partial charge in [0.1, 0.15) is 0 Å². The Bertz CT molecular complexity index is 627. The number of guanidine groups is 1. The summed E-state index contributed by atoms with van der Waals surface area (Å²) in [5.41, 5.74) is 2.66. The number of hydrogen-bond donors (Lipinski definition) is 1. The average Bonchev–Trinajstić information content (AvgIpc) is 3.18. The molecule has 1 heterocycles. The van der Waals surface area contributed by atoms with Crippen LogP contribution in [0.5, 0.6) is 0 Å². The first-order valence-corrected chi connectivity index (χ1v) is 10.9. The predicted molar refractivity (Wildman–Crippen MR) is 136 cm³/mol. The van der Waals surface area contributed by atoms with Crippen molar-refractivity contribution >= 4 is 29.9 Å². The summed E-state index contributed by atoms with van der Waals surface area (Å²) in [5.74, 6) is 1.57. The number of aliphatic imine (C=N–C) groups is 1. The van der Waals surface area contributed by atoms with E-state index in [2.05, 4.69) is 67.2 Å². The van der Waals surface area contributed by atoms with Crippen molar-refractivity contribution < 1.29 is 9.47 Å². The number of hydrogen-bond acceptors (Lipinski definition) is 4. The third-order valence-corrected chi connectivity index (χ3v) is 5.52. The molecule has 0 amide bonds. The molecule has 1 aromatic rings. The molecular weight excluding hydrogens is 491 g/mol. The molecule has 1 aromatic carbocycles. The molecule has 0 bridgehead atoms. The van der Waals surface area contributed by atoms with Crippen molar-refractivity contribution in [2.75, 3.05) is 53.6 Å². The number of nitrogens with zero attached hydrogens (tertiary/aromatic N) is 3. The zero-order valence-corrected chi connectivity index (χ0v) is 21.7. The second-order valence-electron chi connectivity index (χ2n) is 8.12. The van der Waals surface area contributed by atoms with Gasteiger partial charge < -0.3 is 19.7 Å². The lowest BCUT2D eigenvalue weighted by atomic mass is 10.1. The molecule has 1 atom stereocenters. The van der Waals surface area contributed by atoms with Gasteiger partial charge in [-0.15, -0.1) is 24.0 Å². The van der Waals surface area contributed by atoms with Gasteiger partial charge in [-0.2, -0.15) is 0 Å². The minimum absolute atomic E-state index is 0. The van der Waals surface area contributed by atoms with Crippen LogP contribution in [0.3, 0.4) is 0 Å².